The van der Waals surface area contributed by atoms with E-state index in [4.69, 9.17) is 19.4 Å². The van der Waals surface area contributed by atoms with Gasteiger partial charge in [-0.3, -0.25) is 4.98 Å². The highest BCUT2D eigenvalue weighted by Gasteiger charge is 2.21. The summed E-state index contributed by atoms with van der Waals surface area (Å²) in [7, 11) is 3.81. The van der Waals surface area contributed by atoms with E-state index in [-0.39, 0.29) is 12.6 Å². The molecular weight excluding hydrogens is 444 g/mol. The van der Waals surface area contributed by atoms with E-state index < -0.39 is 6.10 Å². The van der Waals surface area contributed by atoms with Crippen molar-refractivity contribution < 1.29 is 14.6 Å². The molecule has 0 amide bonds. The van der Waals surface area contributed by atoms with E-state index in [9.17, 15) is 5.11 Å². The standard InChI is InChI=1S/C26H34N6O3/c1-18-24(29-21-10-12-34-16-21)30-25(31-26(18)32(3)15-20-8-4-5-11-28-20)19-7-6-9-23(13-19)35-17-22(33)14-27-2/h4-9,11,13,21-22,27,33H,10,12,14-17H2,1-3H3,(H,29,30,31). The van der Waals surface area contributed by atoms with Crippen LogP contribution in [0.5, 0.6) is 5.75 Å². The Bertz CT molecular complexity index is 1090. The molecule has 0 bridgehead atoms. The molecule has 9 nitrogen and oxygen atoms in total. The summed E-state index contributed by atoms with van der Waals surface area (Å²) in [5.41, 5.74) is 2.77. The molecule has 186 valence electrons. The number of benzene rings is 1. The lowest BCUT2D eigenvalue weighted by Gasteiger charge is -2.23. The number of rotatable bonds is 11. The number of anilines is 2. The molecule has 0 spiro atoms. The Morgan fingerprint density at radius 3 is 2.86 bits per heavy atom. The molecule has 1 fully saturated rings. The van der Waals surface area contributed by atoms with E-state index >= 15 is 0 Å². The number of likely N-dealkylation sites (N-methyl/N-ethyl adjacent to an activating group) is 1. The summed E-state index contributed by atoms with van der Waals surface area (Å²) in [6.07, 6.45) is 2.15. The van der Waals surface area contributed by atoms with Crippen LogP contribution in [0.15, 0.2) is 48.7 Å². The summed E-state index contributed by atoms with van der Waals surface area (Å²) in [6, 6.07) is 13.8. The predicted molar refractivity (Wildman–Crippen MR) is 137 cm³/mol. The van der Waals surface area contributed by atoms with Gasteiger partial charge in [0.1, 0.15) is 30.1 Å². The number of hydrogen-bond acceptors (Lipinski definition) is 9. The van der Waals surface area contributed by atoms with Gasteiger partial charge < -0.3 is 30.1 Å². The third kappa shape index (κ3) is 6.66. The molecule has 1 aromatic carbocycles. The largest absolute Gasteiger partial charge is 0.491 e. The van der Waals surface area contributed by atoms with Gasteiger partial charge in [-0.2, -0.15) is 0 Å². The van der Waals surface area contributed by atoms with Crippen LogP contribution >= 0.6 is 0 Å². The predicted octanol–water partition coefficient (Wildman–Crippen LogP) is 2.64. The van der Waals surface area contributed by atoms with Crippen molar-refractivity contribution in [2.75, 3.05) is 50.7 Å². The van der Waals surface area contributed by atoms with E-state index in [0.29, 0.717) is 31.3 Å². The van der Waals surface area contributed by atoms with Gasteiger partial charge >= 0.3 is 0 Å². The van der Waals surface area contributed by atoms with Gasteiger partial charge in [-0.05, 0) is 44.7 Å². The van der Waals surface area contributed by atoms with Gasteiger partial charge in [-0.15, -0.1) is 0 Å². The molecule has 0 saturated carbocycles. The van der Waals surface area contributed by atoms with E-state index in [2.05, 4.69) is 20.5 Å². The molecule has 1 saturated heterocycles. The zero-order valence-electron chi connectivity index (χ0n) is 20.6. The van der Waals surface area contributed by atoms with Crippen LogP contribution in [-0.4, -0.2) is 72.7 Å². The third-order valence-electron chi connectivity index (χ3n) is 5.85. The zero-order chi connectivity index (χ0) is 24.6. The minimum Gasteiger partial charge on any atom is -0.491 e. The van der Waals surface area contributed by atoms with Gasteiger partial charge in [0.05, 0.1) is 24.9 Å². The number of aliphatic hydroxyl groups excluding tert-OH is 1. The first-order chi connectivity index (χ1) is 17.0. The van der Waals surface area contributed by atoms with Crippen molar-refractivity contribution in [3.8, 4) is 17.1 Å². The van der Waals surface area contributed by atoms with Crippen molar-refractivity contribution in [3.63, 3.8) is 0 Å². The van der Waals surface area contributed by atoms with Crippen LogP contribution in [0.25, 0.3) is 11.4 Å². The first-order valence-corrected chi connectivity index (χ1v) is 11.9. The second-order valence-electron chi connectivity index (χ2n) is 8.78. The molecule has 0 radical (unpaired) electrons. The average molecular weight is 479 g/mol. The van der Waals surface area contributed by atoms with Crippen molar-refractivity contribution in [3.05, 3.63) is 59.9 Å². The molecule has 0 aliphatic carbocycles. The lowest BCUT2D eigenvalue weighted by Crippen LogP contribution is -2.29. The maximum absolute atomic E-state index is 9.98. The fourth-order valence-corrected chi connectivity index (χ4v) is 4.01. The highest BCUT2D eigenvalue weighted by Crippen LogP contribution is 2.30. The highest BCUT2D eigenvalue weighted by molar-refractivity contribution is 5.67. The van der Waals surface area contributed by atoms with E-state index in [0.717, 1.165) is 41.5 Å². The average Bonchev–Trinajstić information content (AvgIpc) is 3.38. The molecule has 2 atom stereocenters. The quantitative estimate of drug-likeness (QED) is 0.384. The maximum atomic E-state index is 9.98. The minimum absolute atomic E-state index is 0.200. The van der Waals surface area contributed by atoms with Crippen LogP contribution in [0, 0.1) is 6.92 Å². The molecule has 3 aromatic rings. The van der Waals surface area contributed by atoms with Crippen molar-refractivity contribution in [1.29, 1.82) is 0 Å². The number of pyridine rings is 1. The van der Waals surface area contributed by atoms with Crippen molar-refractivity contribution in [2.45, 2.75) is 32.0 Å². The molecular formula is C26H34N6O3. The second-order valence-corrected chi connectivity index (χ2v) is 8.78. The summed E-state index contributed by atoms with van der Waals surface area (Å²) in [5, 5.41) is 16.5. The van der Waals surface area contributed by atoms with Crippen LogP contribution in [0.3, 0.4) is 0 Å². The van der Waals surface area contributed by atoms with Gasteiger partial charge in [0.25, 0.3) is 0 Å². The third-order valence-corrected chi connectivity index (χ3v) is 5.85. The topological polar surface area (TPSA) is 105 Å². The molecule has 9 heteroatoms. The fourth-order valence-electron chi connectivity index (χ4n) is 4.01. The summed E-state index contributed by atoms with van der Waals surface area (Å²) in [6.45, 7) is 4.74. The van der Waals surface area contributed by atoms with Crippen LogP contribution in [-0.2, 0) is 11.3 Å². The number of nitrogens with zero attached hydrogens (tertiary/aromatic N) is 4. The number of ether oxygens (including phenoxy) is 2. The van der Waals surface area contributed by atoms with Crippen molar-refractivity contribution >= 4 is 11.6 Å². The maximum Gasteiger partial charge on any atom is 0.164 e. The lowest BCUT2D eigenvalue weighted by atomic mass is 10.1. The van der Waals surface area contributed by atoms with Crippen molar-refractivity contribution in [2.24, 2.45) is 0 Å². The van der Waals surface area contributed by atoms with Gasteiger partial charge in [0, 0.05) is 37.5 Å². The molecule has 1 aliphatic heterocycles. The first-order valence-electron chi connectivity index (χ1n) is 11.9. The number of nitrogens with one attached hydrogen (secondary N) is 2. The fraction of sp³-hybridized carbons (Fsp3) is 0.423. The smallest absolute Gasteiger partial charge is 0.164 e. The Labute approximate surface area is 206 Å². The SMILES string of the molecule is CNCC(O)COc1cccc(-c2nc(NC3CCOC3)c(C)c(N(C)Cc3ccccn3)n2)c1. The molecule has 2 aromatic heterocycles. The molecule has 3 N–H and O–H groups in total. The van der Waals surface area contributed by atoms with E-state index in [1.807, 2.05) is 56.4 Å². The van der Waals surface area contributed by atoms with Gasteiger partial charge in [0.2, 0.25) is 0 Å². The summed E-state index contributed by atoms with van der Waals surface area (Å²) < 4.78 is 11.4. The summed E-state index contributed by atoms with van der Waals surface area (Å²) in [4.78, 5) is 16.4. The van der Waals surface area contributed by atoms with Crippen LogP contribution in [0.2, 0.25) is 0 Å². The van der Waals surface area contributed by atoms with Crippen molar-refractivity contribution in [1.82, 2.24) is 20.3 Å². The van der Waals surface area contributed by atoms with Gasteiger partial charge in [-0.1, -0.05) is 18.2 Å². The summed E-state index contributed by atoms with van der Waals surface area (Å²) in [5.74, 6) is 2.88. The molecule has 1 aliphatic rings. The Morgan fingerprint density at radius 2 is 2.11 bits per heavy atom. The Morgan fingerprint density at radius 1 is 1.23 bits per heavy atom. The van der Waals surface area contributed by atoms with Crippen LogP contribution < -0.4 is 20.3 Å². The minimum atomic E-state index is -0.587. The second kappa shape index (κ2) is 11.9. The van der Waals surface area contributed by atoms with Gasteiger partial charge in [0.15, 0.2) is 5.82 Å². The molecule has 4 rings (SSSR count). The highest BCUT2D eigenvalue weighted by atomic mass is 16.5. The summed E-state index contributed by atoms with van der Waals surface area (Å²) >= 11 is 0. The van der Waals surface area contributed by atoms with Crippen LogP contribution in [0.1, 0.15) is 17.7 Å². The van der Waals surface area contributed by atoms with Gasteiger partial charge in [-0.25, -0.2) is 9.97 Å². The zero-order valence-corrected chi connectivity index (χ0v) is 20.6. The molecule has 2 unspecified atom stereocenters. The number of hydrogen-bond donors (Lipinski definition) is 3. The Balaban J connectivity index is 1.64. The number of aromatic nitrogens is 3. The van der Waals surface area contributed by atoms with E-state index in [1.165, 1.54) is 0 Å². The first kappa shape index (κ1) is 24.8. The van der Waals surface area contributed by atoms with E-state index in [1.54, 1.807) is 13.2 Å². The number of aliphatic hydroxyl groups is 1. The Kier molecular flexibility index (Phi) is 8.46. The monoisotopic (exact) mass is 478 g/mol. The Hall–Kier alpha value is -3.27. The molecule has 3 heterocycles. The lowest BCUT2D eigenvalue weighted by molar-refractivity contribution is 0.108. The normalized spacial score (nSPS) is 16.2. The van der Waals surface area contributed by atoms with Crippen LogP contribution in [0.4, 0.5) is 11.6 Å². The molecule has 35 heavy (non-hydrogen) atoms.